The van der Waals surface area contributed by atoms with Gasteiger partial charge in [-0.25, -0.2) is 4.79 Å². The number of anilines is 1. The van der Waals surface area contributed by atoms with Crippen LogP contribution in [0.3, 0.4) is 0 Å². The van der Waals surface area contributed by atoms with Crippen molar-refractivity contribution in [3.63, 3.8) is 0 Å². The van der Waals surface area contributed by atoms with Gasteiger partial charge in [0.1, 0.15) is 10.8 Å². The van der Waals surface area contributed by atoms with Crippen LogP contribution in [-0.2, 0) is 16.0 Å². The van der Waals surface area contributed by atoms with E-state index in [1.54, 1.807) is 25.1 Å². The SMILES string of the molecule is CCOC(=O)c1c(CC(C)C)csc1NC(=O)c1cccc(OC(C)=O)c1. The van der Waals surface area contributed by atoms with Crippen LogP contribution in [0.1, 0.15) is 54.0 Å². The molecule has 0 spiro atoms. The van der Waals surface area contributed by atoms with Crippen LogP contribution < -0.4 is 10.1 Å². The molecule has 0 atom stereocenters. The second-order valence-corrected chi connectivity index (χ2v) is 7.24. The first kappa shape index (κ1) is 20.6. The Morgan fingerprint density at radius 1 is 1.22 bits per heavy atom. The molecular weight excluding hydrogens is 366 g/mol. The maximum Gasteiger partial charge on any atom is 0.341 e. The third-order valence-corrected chi connectivity index (χ3v) is 4.50. The molecule has 1 aromatic heterocycles. The molecule has 0 unspecified atom stereocenters. The lowest BCUT2D eigenvalue weighted by Crippen LogP contribution is -2.16. The average Bonchev–Trinajstić information content (AvgIpc) is 2.96. The summed E-state index contributed by atoms with van der Waals surface area (Å²) in [5, 5.41) is 5.10. The van der Waals surface area contributed by atoms with Crippen molar-refractivity contribution in [3.8, 4) is 5.75 Å². The minimum atomic E-state index is -0.464. The number of carbonyl (C=O) groups is 3. The van der Waals surface area contributed by atoms with Crippen molar-refractivity contribution in [1.29, 1.82) is 0 Å². The van der Waals surface area contributed by atoms with E-state index in [4.69, 9.17) is 9.47 Å². The highest BCUT2D eigenvalue weighted by molar-refractivity contribution is 7.15. The Bertz CT molecular complexity index is 841. The number of benzene rings is 1. The van der Waals surface area contributed by atoms with Crippen molar-refractivity contribution in [1.82, 2.24) is 0 Å². The van der Waals surface area contributed by atoms with Crippen molar-refractivity contribution < 1.29 is 23.9 Å². The summed E-state index contributed by atoms with van der Waals surface area (Å²) in [5.74, 6) is -0.663. The van der Waals surface area contributed by atoms with Gasteiger partial charge < -0.3 is 14.8 Å². The fourth-order valence-corrected chi connectivity index (χ4v) is 3.50. The molecule has 0 saturated heterocycles. The lowest BCUT2D eigenvalue weighted by atomic mass is 10.0. The van der Waals surface area contributed by atoms with Gasteiger partial charge in [-0.2, -0.15) is 0 Å². The van der Waals surface area contributed by atoms with Gasteiger partial charge in [0, 0.05) is 12.5 Å². The van der Waals surface area contributed by atoms with E-state index in [0.717, 1.165) is 5.56 Å². The summed E-state index contributed by atoms with van der Waals surface area (Å²) in [7, 11) is 0. The van der Waals surface area contributed by atoms with Gasteiger partial charge in [0.25, 0.3) is 5.91 Å². The van der Waals surface area contributed by atoms with E-state index in [0.29, 0.717) is 28.5 Å². The summed E-state index contributed by atoms with van der Waals surface area (Å²) < 4.78 is 10.2. The summed E-state index contributed by atoms with van der Waals surface area (Å²) in [4.78, 5) is 36.1. The number of esters is 2. The van der Waals surface area contributed by atoms with Crippen molar-refractivity contribution in [2.75, 3.05) is 11.9 Å². The number of nitrogens with one attached hydrogen (secondary N) is 1. The topological polar surface area (TPSA) is 81.7 Å². The zero-order chi connectivity index (χ0) is 20.0. The summed E-state index contributed by atoms with van der Waals surface area (Å²) in [5.41, 5.74) is 1.58. The molecule has 0 aliphatic heterocycles. The Labute approximate surface area is 162 Å². The van der Waals surface area contributed by atoms with Crippen LogP contribution in [0.15, 0.2) is 29.6 Å². The minimum absolute atomic E-state index is 0.258. The standard InChI is InChI=1S/C20H23NO5S/c1-5-25-20(24)17-15(9-12(2)3)11-27-19(17)21-18(23)14-7-6-8-16(10-14)26-13(4)22/h6-8,10-12H,5,9H2,1-4H3,(H,21,23). The van der Waals surface area contributed by atoms with Crippen LogP contribution in [-0.4, -0.2) is 24.5 Å². The molecule has 1 aromatic carbocycles. The molecule has 0 saturated carbocycles. The van der Waals surface area contributed by atoms with Gasteiger partial charge in [-0.3, -0.25) is 9.59 Å². The first-order valence-corrected chi connectivity index (χ1v) is 9.57. The molecule has 144 valence electrons. The number of amides is 1. The van der Waals surface area contributed by atoms with E-state index in [9.17, 15) is 14.4 Å². The molecule has 1 N–H and O–H groups in total. The maximum absolute atomic E-state index is 12.6. The third kappa shape index (κ3) is 5.65. The van der Waals surface area contributed by atoms with Crippen molar-refractivity contribution >= 4 is 34.2 Å². The van der Waals surface area contributed by atoms with E-state index in [2.05, 4.69) is 19.2 Å². The normalized spacial score (nSPS) is 10.6. The Hall–Kier alpha value is -2.67. The van der Waals surface area contributed by atoms with E-state index in [-0.39, 0.29) is 12.4 Å². The second kappa shape index (κ2) is 9.32. The first-order valence-electron chi connectivity index (χ1n) is 8.69. The zero-order valence-corrected chi connectivity index (χ0v) is 16.6. The highest BCUT2D eigenvalue weighted by atomic mass is 32.1. The van der Waals surface area contributed by atoms with Gasteiger partial charge in [0.15, 0.2) is 0 Å². The molecule has 7 heteroatoms. The molecule has 0 aliphatic carbocycles. The molecule has 27 heavy (non-hydrogen) atoms. The molecule has 1 amide bonds. The Morgan fingerprint density at radius 2 is 1.96 bits per heavy atom. The van der Waals surface area contributed by atoms with Crippen LogP contribution in [0.5, 0.6) is 5.75 Å². The first-order chi connectivity index (χ1) is 12.8. The Balaban J connectivity index is 2.28. The van der Waals surface area contributed by atoms with Crippen LogP contribution in [0.4, 0.5) is 5.00 Å². The number of ether oxygens (including phenoxy) is 2. The smallest absolute Gasteiger partial charge is 0.341 e. The second-order valence-electron chi connectivity index (χ2n) is 6.36. The van der Waals surface area contributed by atoms with Gasteiger partial charge in [-0.1, -0.05) is 19.9 Å². The highest BCUT2D eigenvalue weighted by Crippen LogP contribution is 2.31. The predicted octanol–water partition coefficient (Wildman–Crippen LogP) is 4.30. The van der Waals surface area contributed by atoms with E-state index < -0.39 is 17.8 Å². The monoisotopic (exact) mass is 389 g/mol. The molecule has 0 aliphatic rings. The third-order valence-electron chi connectivity index (χ3n) is 3.56. The molecule has 2 rings (SSSR count). The molecule has 2 aromatic rings. The van der Waals surface area contributed by atoms with Gasteiger partial charge in [-0.15, -0.1) is 11.3 Å². The van der Waals surface area contributed by atoms with E-state index >= 15 is 0 Å². The number of hydrogen-bond donors (Lipinski definition) is 1. The molecule has 0 radical (unpaired) electrons. The average molecular weight is 389 g/mol. The number of rotatable bonds is 7. The van der Waals surface area contributed by atoms with Crippen LogP contribution in [0.25, 0.3) is 0 Å². The largest absolute Gasteiger partial charge is 0.462 e. The number of thiophene rings is 1. The number of hydrogen-bond acceptors (Lipinski definition) is 6. The van der Waals surface area contributed by atoms with Gasteiger partial charge in [0.05, 0.1) is 12.2 Å². The fraction of sp³-hybridized carbons (Fsp3) is 0.350. The zero-order valence-electron chi connectivity index (χ0n) is 15.8. The molecule has 6 nitrogen and oxygen atoms in total. The quantitative estimate of drug-likeness (QED) is 0.564. The summed E-state index contributed by atoms with van der Waals surface area (Å²) >= 11 is 1.29. The molecule has 1 heterocycles. The van der Waals surface area contributed by atoms with Crippen molar-refractivity contribution in [3.05, 3.63) is 46.3 Å². The maximum atomic E-state index is 12.6. The minimum Gasteiger partial charge on any atom is -0.462 e. The van der Waals surface area contributed by atoms with Crippen LogP contribution >= 0.6 is 11.3 Å². The highest BCUT2D eigenvalue weighted by Gasteiger charge is 2.22. The summed E-state index contributed by atoms with van der Waals surface area (Å²) in [6.45, 7) is 7.41. The predicted molar refractivity (Wildman–Crippen MR) is 105 cm³/mol. The van der Waals surface area contributed by atoms with Crippen molar-refractivity contribution in [2.45, 2.75) is 34.1 Å². The molecular formula is C20H23NO5S. The van der Waals surface area contributed by atoms with Crippen LogP contribution in [0, 0.1) is 5.92 Å². The molecule has 0 bridgehead atoms. The van der Waals surface area contributed by atoms with Crippen LogP contribution in [0.2, 0.25) is 0 Å². The lowest BCUT2D eigenvalue weighted by molar-refractivity contribution is -0.131. The fourth-order valence-electron chi connectivity index (χ4n) is 2.54. The lowest BCUT2D eigenvalue weighted by Gasteiger charge is -2.10. The number of carbonyl (C=O) groups excluding carboxylic acids is 3. The van der Waals surface area contributed by atoms with Gasteiger partial charge >= 0.3 is 11.9 Å². The molecule has 0 fully saturated rings. The summed E-state index contributed by atoms with van der Waals surface area (Å²) in [6.07, 6.45) is 0.711. The summed E-state index contributed by atoms with van der Waals surface area (Å²) in [6, 6.07) is 6.30. The van der Waals surface area contributed by atoms with E-state index in [1.807, 2.05) is 5.38 Å². The van der Waals surface area contributed by atoms with Gasteiger partial charge in [0.2, 0.25) is 0 Å². The van der Waals surface area contributed by atoms with E-state index in [1.165, 1.54) is 24.3 Å². The van der Waals surface area contributed by atoms with Gasteiger partial charge in [-0.05, 0) is 48.4 Å². The van der Waals surface area contributed by atoms with Crippen molar-refractivity contribution in [2.24, 2.45) is 5.92 Å². The Kier molecular flexibility index (Phi) is 7.12. The Morgan fingerprint density at radius 3 is 2.59 bits per heavy atom.